The maximum atomic E-state index is 11.8. The number of nitrogens with zero attached hydrogens (tertiary/aromatic N) is 4. The Morgan fingerprint density at radius 1 is 1.36 bits per heavy atom. The number of anilines is 1. The van der Waals surface area contributed by atoms with Crippen LogP contribution >= 0.6 is 11.6 Å². The summed E-state index contributed by atoms with van der Waals surface area (Å²) in [7, 11) is 0. The SMILES string of the molecule is CCCCC(N)CCC(Nc1cc(Cl)nc(-n2ccnc2)n1)C(N)=O. The largest absolute Gasteiger partial charge is 0.368 e. The number of carbonyl (C=O) groups excluding carboxylic acids is 1. The third-order valence-electron chi connectivity index (χ3n) is 3.84. The van der Waals surface area contributed by atoms with Crippen molar-refractivity contribution in [3.8, 4) is 5.95 Å². The summed E-state index contributed by atoms with van der Waals surface area (Å²) in [4.78, 5) is 24.2. The van der Waals surface area contributed by atoms with Crippen molar-refractivity contribution >= 4 is 23.3 Å². The summed E-state index contributed by atoms with van der Waals surface area (Å²) in [6.45, 7) is 2.12. The zero-order chi connectivity index (χ0) is 18.2. The molecule has 0 spiro atoms. The van der Waals surface area contributed by atoms with E-state index in [9.17, 15) is 4.79 Å². The highest BCUT2D eigenvalue weighted by Gasteiger charge is 2.18. The molecule has 5 N–H and O–H groups in total. The lowest BCUT2D eigenvalue weighted by Gasteiger charge is -2.19. The van der Waals surface area contributed by atoms with E-state index < -0.39 is 11.9 Å². The molecule has 2 atom stereocenters. The van der Waals surface area contributed by atoms with Crippen LogP contribution in [-0.4, -0.2) is 37.5 Å². The molecule has 9 heteroatoms. The zero-order valence-electron chi connectivity index (χ0n) is 14.2. The molecular weight excluding hydrogens is 342 g/mol. The highest BCUT2D eigenvalue weighted by molar-refractivity contribution is 6.29. The monoisotopic (exact) mass is 365 g/mol. The first-order chi connectivity index (χ1) is 12.0. The summed E-state index contributed by atoms with van der Waals surface area (Å²) in [5.74, 6) is 0.326. The van der Waals surface area contributed by atoms with E-state index >= 15 is 0 Å². The van der Waals surface area contributed by atoms with E-state index in [1.54, 1.807) is 29.4 Å². The van der Waals surface area contributed by atoms with Crippen molar-refractivity contribution in [3.05, 3.63) is 29.9 Å². The molecule has 2 heterocycles. The number of aromatic nitrogens is 4. The van der Waals surface area contributed by atoms with Gasteiger partial charge in [0.2, 0.25) is 11.9 Å². The minimum Gasteiger partial charge on any atom is -0.368 e. The van der Waals surface area contributed by atoms with Crippen molar-refractivity contribution in [1.29, 1.82) is 0 Å². The maximum Gasteiger partial charge on any atom is 0.239 e. The molecule has 0 saturated heterocycles. The quantitative estimate of drug-likeness (QED) is 0.552. The van der Waals surface area contributed by atoms with Crippen molar-refractivity contribution < 1.29 is 4.79 Å². The topological polar surface area (TPSA) is 125 Å². The summed E-state index contributed by atoms with van der Waals surface area (Å²) in [5.41, 5.74) is 11.6. The number of amides is 1. The lowest BCUT2D eigenvalue weighted by molar-refractivity contribution is -0.118. The van der Waals surface area contributed by atoms with Gasteiger partial charge in [0.25, 0.3) is 0 Å². The Morgan fingerprint density at radius 3 is 2.80 bits per heavy atom. The number of halogens is 1. The summed E-state index contributed by atoms with van der Waals surface area (Å²) >= 11 is 6.05. The van der Waals surface area contributed by atoms with Gasteiger partial charge in [0, 0.05) is 24.5 Å². The van der Waals surface area contributed by atoms with Crippen LogP contribution < -0.4 is 16.8 Å². The fourth-order valence-corrected chi connectivity index (χ4v) is 2.61. The second-order valence-electron chi connectivity index (χ2n) is 5.92. The molecule has 0 aliphatic heterocycles. The third kappa shape index (κ3) is 5.99. The Balaban J connectivity index is 2.05. The standard InChI is InChI=1S/C16H24ClN7O/c1-2-3-4-11(18)5-6-12(15(19)25)21-14-9-13(17)22-16(23-14)24-8-7-20-10-24/h7-12H,2-6,18H2,1H3,(H2,19,25)(H,21,22,23). The minimum atomic E-state index is -0.575. The Hall–Kier alpha value is -2.19. The molecule has 2 aromatic heterocycles. The third-order valence-corrected chi connectivity index (χ3v) is 4.03. The highest BCUT2D eigenvalue weighted by atomic mass is 35.5. The van der Waals surface area contributed by atoms with Gasteiger partial charge in [0.05, 0.1) is 0 Å². The van der Waals surface area contributed by atoms with Crippen LogP contribution in [0.5, 0.6) is 0 Å². The van der Waals surface area contributed by atoms with Gasteiger partial charge >= 0.3 is 0 Å². The predicted octanol–water partition coefficient (Wildman–Crippen LogP) is 1.88. The van der Waals surface area contributed by atoms with Gasteiger partial charge in [-0.1, -0.05) is 31.4 Å². The Kier molecular flexibility index (Phi) is 7.15. The number of hydrogen-bond donors (Lipinski definition) is 3. The lowest BCUT2D eigenvalue weighted by atomic mass is 10.0. The number of nitrogens with one attached hydrogen (secondary N) is 1. The van der Waals surface area contributed by atoms with E-state index in [4.69, 9.17) is 23.1 Å². The van der Waals surface area contributed by atoms with Gasteiger partial charge in [-0.2, -0.15) is 4.98 Å². The molecule has 2 aromatic rings. The van der Waals surface area contributed by atoms with Crippen molar-refractivity contribution in [2.45, 2.75) is 51.1 Å². The molecule has 0 fully saturated rings. The van der Waals surface area contributed by atoms with Crippen molar-refractivity contribution in [2.75, 3.05) is 5.32 Å². The number of hydrogen-bond acceptors (Lipinski definition) is 6. The average Bonchev–Trinajstić information content (AvgIpc) is 3.10. The van der Waals surface area contributed by atoms with E-state index in [2.05, 4.69) is 27.2 Å². The van der Waals surface area contributed by atoms with Crippen molar-refractivity contribution in [1.82, 2.24) is 19.5 Å². The van der Waals surface area contributed by atoms with Crippen LogP contribution in [-0.2, 0) is 4.79 Å². The Morgan fingerprint density at radius 2 is 2.16 bits per heavy atom. The first-order valence-electron chi connectivity index (χ1n) is 8.34. The molecule has 136 valence electrons. The van der Waals surface area contributed by atoms with Crippen LogP contribution in [0.4, 0.5) is 5.82 Å². The van der Waals surface area contributed by atoms with Crippen LogP contribution in [0.3, 0.4) is 0 Å². The molecular formula is C16H24ClN7O. The van der Waals surface area contributed by atoms with Crippen LogP contribution in [0, 0.1) is 0 Å². The Labute approximate surface area is 152 Å². The molecule has 0 bridgehead atoms. The van der Waals surface area contributed by atoms with E-state index in [1.807, 2.05) is 0 Å². The molecule has 0 radical (unpaired) electrons. The molecule has 0 aliphatic rings. The molecule has 8 nitrogen and oxygen atoms in total. The first kappa shape index (κ1) is 19.1. The summed E-state index contributed by atoms with van der Waals surface area (Å²) in [5, 5.41) is 3.29. The molecule has 1 amide bonds. The smallest absolute Gasteiger partial charge is 0.239 e. The van der Waals surface area contributed by atoms with Gasteiger partial charge in [-0.3, -0.25) is 9.36 Å². The number of unbranched alkanes of at least 4 members (excludes halogenated alkanes) is 1. The normalized spacial score (nSPS) is 13.4. The number of carbonyl (C=O) groups is 1. The van der Waals surface area contributed by atoms with Crippen LogP contribution in [0.2, 0.25) is 5.15 Å². The summed E-state index contributed by atoms with van der Waals surface area (Å²) in [6.07, 6.45) is 9.22. The fraction of sp³-hybridized carbons (Fsp3) is 0.500. The second-order valence-corrected chi connectivity index (χ2v) is 6.31. The molecule has 0 saturated carbocycles. The number of nitrogens with two attached hydrogens (primary N) is 2. The van der Waals surface area contributed by atoms with Crippen LogP contribution in [0.15, 0.2) is 24.8 Å². The first-order valence-corrected chi connectivity index (χ1v) is 8.71. The number of imidazole rings is 1. The number of rotatable bonds is 10. The van der Waals surface area contributed by atoms with Crippen LogP contribution in [0.1, 0.15) is 39.0 Å². The summed E-state index contributed by atoms with van der Waals surface area (Å²) < 4.78 is 1.62. The van der Waals surface area contributed by atoms with E-state index in [0.29, 0.717) is 24.6 Å². The number of primary amides is 1. The van der Waals surface area contributed by atoms with Gasteiger partial charge in [-0.15, -0.1) is 0 Å². The van der Waals surface area contributed by atoms with Crippen molar-refractivity contribution in [2.24, 2.45) is 11.5 Å². The van der Waals surface area contributed by atoms with Gasteiger partial charge in [-0.05, 0) is 19.3 Å². The molecule has 2 unspecified atom stereocenters. The predicted molar refractivity (Wildman–Crippen MR) is 97.5 cm³/mol. The van der Waals surface area contributed by atoms with Gasteiger partial charge in [0.15, 0.2) is 0 Å². The molecule has 25 heavy (non-hydrogen) atoms. The minimum absolute atomic E-state index is 0.0547. The lowest BCUT2D eigenvalue weighted by Crippen LogP contribution is -2.37. The van der Waals surface area contributed by atoms with Gasteiger partial charge < -0.3 is 16.8 Å². The fourth-order valence-electron chi connectivity index (χ4n) is 2.43. The van der Waals surface area contributed by atoms with Gasteiger partial charge in [-0.25, -0.2) is 9.97 Å². The molecule has 2 rings (SSSR count). The van der Waals surface area contributed by atoms with Crippen LogP contribution in [0.25, 0.3) is 5.95 Å². The Bertz CT molecular complexity index is 677. The van der Waals surface area contributed by atoms with E-state index in [0.717, 1.165) is 19.3 Å². The highest BCUT2D eigenvalue weighted by Crippen LogP contribution is 2.16. The van der Waals surface area contributed by atoms with Crippen molar-refractivity contribution in [3.63, 3.8) is 0 Å². The average molecular weight is 366 g/mol. The zero-order valence-corrected chi connectivity index (χ0v) is 15.0. The molecule has 0 aromatic carbocycles. The second kappa shape index (κ2) is 9.33. The molecule has 0 aliphatic carbocycles. The van der Waals surface area contributed by atoms with E-state index in [1.165, 1.54) is 0 Å². The maximum absolute atomic E-state index is 11.8. The van der Waals surface area contributed by atoms with Gasteiger partial charge in [0.1, 0.15) is 23.3 Å². The summed E-state index contributed by atoms with van der Waals surface area (Å²) in [6, 6.07) is 1.03. The van der Waals surface area contributed by atoms with E-state index in [-0.39, 0.29) is 11.2 Å².